The molecule has 0 aromatic carbocycles. The maximum atomic E-state index is 13.2. The Labute approximate surface area is 195 Å². The molecule has 1 aliphatic carbocycles. The summed E-state index contributed by atoms with van der Waals surface area (Å²) in [5.74, 6) is 1.37. The number of ether oxygens (including phenoxy) is 1. The fraction of sp³-hybridized carbons (Fsp3) is 0.560. The van der Waals surface area contributed by atoms with Crippen molar-refractivity contribution in [3.8, 4) is 11.3 Å². The number of carbonyl (C=O) groups excluding carboxylic acids is 1. The van der Waals surface area contributed by atoms with E-state index in [9.17, 15) is 9.59 Å². The van der Waals surface area contributed by atoms with E-state index in [1.165, 1.54) is 6.42 Å². The number of H-pyrrole nitrogens is 1. The van der Waals surface area contributed by atoms with E-state index in [0.29, 0.717) is 11.5 Å². The van der Waals surface area contributed by atoms with Gasteiger partial charge in [-0.2, -0.15) is 0 Å². The summed E-state index contributed by atoms with van der Waals surface area (Å²) in [4.78, 5) is 37.6. The van der Waals surface area contributed by atoms with Crippen LogP contribution in [0.1, 0.15) is 52.9 Å². The normalized spacial score (nSPS) is 17.6. The van der Waals surface area contributed by atoms with Crippen LogP contribution in [-0.2, 0) is 4.74 Å². The fourth-order valence-corrected chi connectivity index (χ4v) is 4.56. The summed E-state index contributed by atoms with van der Waals surface area (Å²) >= 11 is 0. The number of hydrogen-bond acceptors (Lipinski definition) is 6. The van der Waals surface area contributed by atoms with E-state index < -0.39 is 5.60 Å². The second-order valence-electron chi connectivity index (χ2n) is 9.90. The highest BCUT2D eigenvalue weighted by atomic mass is 16.6. The van der Waals surface area contributed by atoms with Gasteiger partial charge in [0.15, 0.2) is 5.43 Å². The molecule has 1 saturated heterocycles. The number of amides is 1. The molecule has 2 aromatic heterocycles. The molecule has 0 unspecified atom stereocenters. The van der Waals surface area contributed by atoms with Crippen LogP contribution in [0.4, 0.5) is 16.4 Å². The van der Waals surface area contributed by atoms with Crippen LogP contribution < -0.4 is 20.5 Å². The van der Waals surface area contributed by atoms with E-state index >= 15 is 0 Å². The average molecular weight is 454 g/mol. The van der Waals surface area contributed by atoms with Gasteiger partial charge in [-0.15, -0.1) is 0 Å². The lowest BCUT2D eigenvalue weighted by molar-refractivity contribution is 0.0556. The summed E-state index contributed by atoms with van der Waals surface area (Å²) in [6.45, 7) is 9.08. The molecule has 1 aliphatic heterocycles. The van der Waals surface area contributed by atoms with Crippen molar-refractivity contribution in [1.29, 1.82) is 0 Å². The molecule has 0 radical (unpaired) electrons. The van der Waals surface area contributed by atoms with Crippen molar-refractivity contribution in [2.45, 2.75) is 64.5 Å². The lowest BCUT2D eigenvalue weighted by Crippen LogP contribution is -2.45. The van der Waals surface area contributed by atoms with E-state index in [0.717, 1.165) is 63.2 Å². The zero-order chi connectivity index (χ0) is 23.4. The topological polar surface area (TPSA) is 90.6 Å². The molecule has 2 aliphatic rings. The molecule has 4 rings (SSSR count). The number of nitrogens with one attached hydrogen (secondary N) is 2. The maximum Gasteiger partial charge on any atom is 0.416 e. The average Bonchev–Trinajstić information content (AvgIpc) is 2.79. The molecule has 0 bridgehead atoms. The van der Waals surface area contributed by atoms with Crippen LogP contribution in [0.5, 0.6) is 0 Å². The van der Waals surface area contributed by atoms with Gasteiger partial charge in [0.1, 0.15) is 17.2 Å². The van der Waals surface area contributed by atoms with E-state index in [2.05, 4.69) is 20.2 Å². The Morgan fingerprint density at radius 3 is 2.55 bits per heavy atom. The number of nitrogens with zero attached hydrogens (tertiary/aromatic N) is 3. The zero-order valence-electron chi connectivity index (χ0n) is 19.9. The van der Waals surface area contributed by atoms with Gasteiger partial charge in [0.2, 0.25) is 0 Å². The van der Waals surface area contributed by atoms with Gasteiger partial charge in [0.25, 0.3) is 0 Å². The molecule has 3 heterocycles. The van der Waals surface area contributed by atoms with Gasteiger partial charge in [0, 0.05) is 56.1 Å². The number of hydrogen-bond donors (Lipinski definition) is 2. The molecule has 8 heteroatoms. The first-order valence-corrected chi connectivity index (χ1v) is 12.0. The highest BCUT2D eigenvalue weighted by Crippen LogP contribution is 2.30. The Balaban J connectivity index is 1.68. The third-order valence-corrected chi connectivity index (χ3v) is 6.12. The lowest BCUT2D eigenvalue weighted by Gasteiger charge is -2.35. The molecule has 0 spiro atoms. The number of pyridine rings is 2. The Hall–Kier alpha value is -2.87. The molecule has 178 valence electrons. The highest BCUT2D eigenvalue weighted by molar-refractivity contribution is 5.88. The van der Waals surface area contributed by atoms with Crippen molar-refractivity contribution in [2.24, 2.45) is 0 Å². The first kappa shape index (κ1) is 23.3. The third-order valence-electron chi connectivity index (χ3n) is 6.12. The van der Waals surface area contributed by atoms with Crippen LogP contribution >= 0.6 is 0 Å². The number of piperazine rings is 1. The van der Waals surface area contributed by atoms with Gasteiger partial charge in [-0.05, 0) is 45.7 Å². The van der Waals surface area contributed by atoms with E-state index in [1.807, 2.05) is 32.9 Å². The summed E-state index contributed by atoms with van der Waals surface area (Å²) in [6, 6.07) is 7.05. The predicted molar refractivity (Wildman–Crippen MR) is 131 cm³/mol. The Morgan fingerprint density at radius 1 is 1.12 bits per heavy atom. The van der Waals surface area contributed by atoms with Crippen LogP contribution in [-0.4, -0.2) is 53.9 Å². The summed E-state index contributed by atoms with van der Waals surface area (Å²) in [5, 5.41) is 3.33. The van der Waals surface area contributed by atoms with Crippen LogP contribution in [0, 0.1) is 0 Å². The van der Waals surface area contributed by atoms with Gasteiger partial charge in [0.05, 0.1) is 5.69 Å². The summed E-state index contributed by atoms with van der Waals surface area (Å²) in [5.41, 5.74) is 0.891. The Kier molecular flexibility index (Phi) is 7.02. The fourth-order valence-electron chi connectivity index (χ4n) is 4.56. The summed E-state index contributed by atoms with van der Waals surface area (Å²) in [7, 11) is 0. The molecular weight excluding hydrogens is 418 g/mol. The number of anilines is 2. The lowest BCUT2D eigenvalue weighted by atomic mass is 9.94. The second-order valence-corrected chi connectivity index (χ2v) is 9.90. The van der Waals surface area contributed by atoms with E-state index in [1.54, 1.807) is 23.2 Å². The summed E-state index contributed by atoms with van der Waals surface area (Å²) < 4.78 is 5.75. The van der Waals surface area contributed by atoms with Gasteiger partial charge < -0.3 is 19.9 Å². The molecule has 1 amide bonds. The second kappa shape index (κ2) is 9.95. The monoisotopic (exact) mass is 453 g/mol. The molecule has 8 nitrogen and oxygen atoms in total. The molecule has 0 atom stereocenters. The number of aromatic nitrogens is 2. The van der Waals surface area contributed by atoms with Gasteiger partial charge >= 0.3 is 6.09 Å². The van der Waals surface area contributed by atoms with Crippen molar-refractivity contribution >= 4 is 17.7 Å². The van der Waals surface area contributed by atoms with Gasteiger partial charge in [-0.25, -0.2) is 9.78 Å². The molecule has 2 aromatic rings. The molecule has 2 fully saturated rings. The minimum atomic E-state index is -0.593. The van der Waals surface area contributed by atoms with Crippen LogP contribution in [0.2, 0.25) is 0 Å². The van der Waals surface area contributed by atoms with E-state index in [4.69, 9.17) is 4.74 Å². The van der Waals surface area contributed by atoms with Crippen LogP contribution in [0.15, 0.2) is 35.3 Å². The first-order valence-electron chi connectivity index (χ1n) is 12.0. The minimum Gasteiger partial charge on any atom is -0.443 e. The van der Waals surface area contributed by atoms with Crippen molar-refractivity contribution < 1.29 is 9.53 Å². The molecular formula is C25H35N5O3. The number of carbonyl (C=O) groups is 1. The molecule has 2 N–H and O–H groups in total. The van der Waals surface area contributed by atoms with Crippen molar-refractivity contribution in [1.82, 2.24) is 15.3 Å². The SMILES string of the molecule is CC(C)(C)OC(=O)N(c1cc(-c2cc(=O)cc(N3CCNCC3)[nH]2)ccn1)C1CCCCC1. The maximum absolute atomic E-state index is 13.2. The summed E-state index contributed by atoms with van der Waals surface area (Å²) in [6.07, 6.45) is 6.54. The predicted octanol–water partition coefficient (Wildman–Crippen LogP) is 3.92. The minimum absolute atomic E-state index is 0.0491. The van der Waals surface area contributed by atoms with Crippen LogP contribution in [0.25, 0.3) is 11.3 Å². The van der Waals surface area contributed by atoms with Gasteiger partial charge in [-0.3, -0.25) is 9.69 Å². The van der Waals surface area contributed by atoms with Gasteiger partial charge in [-0.1, -0.05) is 19.3 Å². The van der Waals surface area contributed by atoms with Crippen molar-refractivity contribution in [2.75, 3.05) is 36.0 Å². The largest absolute Gasteiger partial charge is 0.443 e. The third kappa shape index (κ3) is 5.93. The molecule has 33 heavy (non-hydrogen) atoms. The zero-order valence-corrected chi connectivity index (χ0v) is 19.9. The van der Waals surface area contributed by atoms with Crippen LogP contribution in [0.3, 0.4) is 0 Å². The quantitative estimate of drug-likeness (QED) is 0.729. The molecule has 1 saturated carbocycles. The van der Waals surface area contributed by atoms with Crippen molar-refractivity contribution in [3.05, 3.63) is 40.7 Å². The Bertz CT molecular complexity index is 1020. The first-order chi connectivity index (χ1) is 15.8. The highest BCUT2D eigenvalue weighted by Gasteiger charge is 2.31. The number of rotatable bonds is 4. The van der Waals surface area contributed by atoms with Crippen molar-refractivity contribution in [3.63, 3.8) is 0 Å². The number of aromatic amines is 1. The smallest absolute Gasteiger partial charge is 0.416 e. The van der Waals surface area contributed by atoms with E-state index in [-0.39, 0.29) is 17.6 Å². The Morgan fingerprint density at radius 2 is 1.85 bits per heavy atom. The standard InChI is InChI=1S/C25H35N5O3/c1-25(2,3)33-24(32)30(19-7-5-4-6-8-19)22-15-18(9-10-27-22)21-16-20(31)17-23(28-21)29-13-11-26-12-14-29/h9-10,15-17,19,26H,4-8,11-14H2,1-3H3,(H,28,31).